The van der Waals surface area contributed by atoms with Gasteiger partial charge in [-0.05, 0) is 30.5 Å². The van der Waals surface area contributed by atoms with E-state index in [2.05, 4.69) is 4.98 Å². The molecule has 0 spiro atoms. The zero-order valence-corrected chi connectivity index (χ0v) is 10.6. The highest BCUT2D eigenvalue weighted by Gasteiger charge is 2.16. The van der Waals surface area contributed by atoms with Gasteiger partial charge in [0.15, 0.2) is 5.78 Å². The van der Waals surface area contributed by atoms with Gasteiger partial charge < -0.3 is 10.1 Å². The minimum Gasteiger partial charge on any atom is -0.478 e. The maximum atomic E-state index is 11.5. The van der Waals surface area contributed by atoms with Crippen LogP contribution in [0.2, 0.25) is 0 Å². The van der Waals surface area contributed by atoms with Crippen LogP contribution in [0.5, 0.6) is 0 Å². The van der Waals surface area contributed by atoms with Gasteiger partial charge in [-0.1, -0.05) is 13.8 Å². The van der Waals surface area contributed by atoms with Gasteiger partial charge in [0.1, 0.15) is 0 Å². The van der Waals surface area contributed by atoms with Gasteiger partial charge in [0, 0.05) is 22.7 Å². The van der Waals surface area contributed by atoms with Crippen LogP contribution in [0.1, 0.15) is 53.0 Å². The SMILES string of the molecule is CC(=O)c1c[nH]c2c(C(C)C)cc(C(=O)O)cc12. The molecular weight excluding hydrogens is 230 g/mol. The molecule has 0 amide bonds. The van der Waals surface area contributed by atoms with Gasteiger partial charge in [-0.2, -0.15) is 0 Å². The molecule has 0 saturated heterocycles. The van der Waals surface area contributed by atoms with Crippen molar-refractivity contribution >= 4 is 22.7 Å². The van der Waals surface area contributed by atoms with Crippen molar-refractivity contribution in [2.75, 3.05) is 0 Å². The second-order valence-electron chi connectivity index (χ2n) is 4.71. The number of Topliss-reactive ketones (excluding diaryl/α,β-unsaturated/α-hetero) is 1. The molecule has 0 bridgehead atoms. The van der Waals surface area contributed by atoms with E-state index in [4.69, 9.17) is 5.11 Å². The van der Waals surface area contributed by atoms with Gasteiger partial charge >= 0.3 is 5.97 Å². The lowest BCUT2D eigenvalue weighted by molar-refractivity contribution is 0.0696. The summed E-state index contributed by atoms with van der Waals surface area (Å²) in [6, 6.07) is 3.21. The molecule has 0 aliphatic heterocycles. The van der Waals surface area contributed by atoms with E-state index in [1.54, 1.807) is 18.3 Å². The van der Waals surface area contributed by atoms with E-state index in [0.29, 0.717) is 10.9 Å². The Bertz CT molecular complexity index is 638. The first-order chi connectivity index (χ1) is 8.41. The van der Waals surface area contributed by atoms with Crippen LogP contribution in [0.4, 0.5) is 0 Å². The summed E-state index contributed by atoms with van der Waals surface area (Å²) in [5, 5.41) is 9.81. The van der Waals surface area contributed by atoms with E-state index in [1.165, 1.54) is 6.92 Å². The van der Waals surface area contributed by atoms with Crippen LogP contribution in [0.15, 0.2) is 18.3 Å². The van der Waals surface area contributed by atoms with Gasteiger partial charge in [-0.25, -0.2) is 4.79 Å². The summed E-state index contributed by atoms with van der Waals surface area (Å²) in [7, 11) is 0. The predicted octanol–water partition coefficient (Wildman–Crippen LogP) is 3.19. The highest BCUT2D eigenvalue weighted by Crippen LogP contribution is 2.29. The molecular formula is C14H15NO3. The molecule has 0 radical (unpaired) electrons. The number of carbonyl (C=O) groups excluding carboxylic acids is 1. The zero-order chi connectivity index (χ0) is 13.4. The molecule has 2 rings (SSSR count). The number of aromatic nitrogens is 1. The number of aromatic amines is 1. The highest BCUT2D eigenvalue weighted by molar-refractivity contribution is 6.09. The largest absolute Gasteiger partial charge is 0.478 e. The van der Waals surface area contributed by atoms with Crippen molar-refractivity contribution < 1.29 is 14.7 Å². The number of benzene rings is 1. The van der Waals surface area contributed by atoms with E-state index in [0.717, 1.165) is 11.1 Å². The Kier molecular flexibility index (Phi) is 2.95. The lowest BCUT2D eigenvalue weighted by Crippen LogP contribution is -2.00. The Balaban J connectivity index is 2.83. The van der Waals surface area contributed by atoms with Crippen molar-refractivity contribution in [1.29, 1.82) is 0 Å². The second kappa shape index (κ2) is 4.29. The molecule has 2 aromatic rings. The summed E-state index contributed by atoms with van der Waals surface area (Å²) in [5.41, 5.74) is 2.51. The quantitative estimate of drug-likeness (QED) is 0.816. The molecule has 0 aliphatic carbocycles. The third kappa shape index (κ3) is 1.90. The summed E-state index contributed by atoms with van der Waals surface area (Å²) in [4.78, 5) is 25.7. The maximum Gasteiger partial charge on any atom is 0.335 e. The van der Waals surface area contributed by atoms with Crippen molar-refractivity contribution in [2.45, 2.75) is 26.7 Å². The summed E-state index contributed by atoms with van der Waals surface area (Å²) < 4.78 is 0. The average molecular weight is 245 g/mol. The van der Waals surface area contributed by atoms with Gasteiger partial charge in [0.05, 0.1) is 5.56 Å². The Morgan fingerprint density at radius 2 is 1.94 bits per heavy atom. The standard InChI is InChI=1S/C14H15NO3/c1-7(2)10-4-9(14(17)18)5-11-12(8(3)16)6-15-13(10)11/h4-7,15H,1-3H3,(H,17,18). The monoisotopic (exact) mass is 245 g/mol. The van der Waals surface area contributed by atoms with Crippen LogP contribution in [-0.2, 0) is 0 Å². The first-order valence-electron chi connectivity index (χ1n) is 5.81. The van der Waals surface area contributed by atoms with Crippen LogP contribution < -0.4 is 0 Å². The summed E-state index contributed by atoms with van der Waals surface area (Å²) in [6.45, 7) is 5.47. The van der Waals surface area contributed by atoms with E-state index in [1.807, 2.05) is 13.8 Å². The van der Waals surface area contributed by atoms with Crippen molar-refractivity contribution in [3.05, 3.63) is 35.0 Å². The molecule has 4 heteroatoms. The average Bonchev–Trinajstić information content (AvgIpc) is 2.70. The number of hydrogen-bond acceptors (Lipinski definition) is 2. The molecule has 2 N–H and O–H groups in total. The molecule has 1 aromatic carbocycles. The van der Waals surface area contributed by atoms with Gasteiger partial charge in [-0.15, -0.1) is 0 Å². The summed E-state index contributed by atoms with van der Waals surface area (Å²) >= 11 is 0. The minimum atomic E-state index is -0.977. The summed E-state index contributed by atoms with van der Waals surface area (Å²) in [6.07, 6.45) is 1.64. The van der Waals surface area contributed by atoms with Crippen LogP contribution in [0.3, 0.4) is 0 Å². The van der Waals surface area contributed by atoms with Gasteiger partial charge in [0.2, 0.25) is 0 Å². The zero-order valence-electron chi connectivity index (χ0n) is 10.6. The fraction of sp³-hybridized carbons (Fsp3) is 0.286. The normalized spacial score (nSPS) is 11.1. The topological polar surface area (TPSA) is 70.2 Å². The number of rotatable bonds is 3. The predicted molar refractivity (Wildman–Crippen MR) is 69.4 cm³/mol. The number of aromatic carboxylic acids is 1. The first kappa shape index (κ1) is 12.4. The number of nitrogens with one attached hydrogen (secondary N) is 1. The lowest BCUT2D eigenvalue weighted by Gasteiger charge is -2.09. The maximum absolute atomic E-state index is 11.5. The Hall–Kier alpha value is -2.10. The van der Waals surface area contributed by atoms with Crippen molar-refractivity contribution in [3.63, 3.8) is 0 Å². The second-order valence-corrected chi connectivity index (χ2v) is 4.71. The number of carbonyl (C=O) groups is 2. The number of carboxylic acids is 1. The molecule has 0 atom stereocenters. The number of carboxylic acid groups (broad SMARTS) is 1. The highest BCUT2D eigenvalue weighted by atomic mass is 16.4. The first-order valence-corrected chi connectivity index (χ1v) is 5.81. The fourth-order valence-corrected chi connectivity index (χ4v) is 2.13. The summed E-state index contributed by atoms with van der Waals surface area (Å²) in [5.74, 6) is -0.863. The Morgan fingerprint density at radius 1 is 1.28 bits per heavy atom. The molecule has 18 heavy (non-hydrogen) atoms. The lowest BCUT2D eigenvalue weighted by atomic mass is 9.96. The molecule has 1 heterocycles. The number of H-pyrrole nitrogens is 1. The molecule has 0 aliphatic rings. The van der Waals surface area contributed by atoms with Crippen molar-refractivity contribution in [2.24, 2.45) is 0 Å². The van der Waals surface area contributed by atoms with E-state index in [9.17, 15) is 9.59 Å². The van der Waals surface area contributed by atoms with E-state index < -0.39 is 5.97 Å². The third-order valence-electron chi connectivity index (χ3n) is 3.07. The van der Waals surface area contributed by atoms with E-state index in [-0.39, 0.29) is 17.3 Å². The van der Waals surface area contributed by atoms with Crippen molar-refractivity contribution in [3.8, 4) is 0 Å². The Morgan fingerprint density at radius 3 is 2.44 bits per heavy atom. The number of fused-ring (bicyclic) bond motifs is 1. The van der Waals surface area contributed by atoms with Crippen LogP contribution >= 0.6 is 0 Å². The fourth-order valence-electron chi connectivity index (χ4n) is 2.13. The minimum absolute atomic E-state index is 0.0708. The third-order valence-corrected chi connectivity index (χ3v) is 3.07. The molecule has 4 nitrogen and oxygen atoms in total. The molecule has 0 fully saturated rings. The van der Waals surface area contributed by atoms with Crippen molar-refractivity contribution in [1.82, 2.24) is 4.98 Å². The van der Waals surface area contributed by atoms with Gasteiger partial charge in [-0.3, -0.25) is 4.79 Å². The molecule has 0 saturated carbocycles. The number of ketones is 1. The van der Waals surface area contributed by atoms with Crippen LogP contribution in [-0.4, -0.2) is 21.8 Å². The number of hydrogen-bond donors (Lipinski definition) is 2. The smallest absolute Gasteiger partial charge is 0.335 e. The molecule has 0 unspecified atom stereocenters. The van der Waals surface area contributed by atoms with Crippen LogP contribution in [0, 0.1) is 0 Å². The van der Waals surface area contributed by atoms with Gasteiger partial charge in [0.25, 0.3) is 0 Å². The molecule has 94 valence electrons. The Labute approximate surface area is 105 Å². The van der Waals surface area contributed by atoms with E-state index >= 15 is 0 Å². The molecule has 1 aromatic heterocycles. The van der Waals surface area contributed by atoms with Crippen LogP contribution in [0.25, 0.3) is 10.9 Å².